The van der Waals surface area contributed by atoms with Gasteiger partial charge in [-0.2, -0.15) is 9.40 Å². The van der Waals surface area contributed by atoms with E-state index in [1.807, 2.05) is 0 Å². The quantitative estimate of drug-likeness (QED) is 0.613. The molecule has 1 heterocycles. The lowest BCUT2D eigenvalue weighted by molar-refractivity contribution is -0.383. The largest absolute Gasteiger partial charge is 0.295 e. The highest BCUT2D eigenvalue weighted by atomic mass is 35.5. The van der Waals surface area contributed by atoms with Gasteiger partial charge >= 0.3 is 0 Å². The summed E-state index contributed by atoms with van der Waals surface area (Å²) in [5, 5.41) is 15.1. The number of nitrogens with zero attached hydrogens (tertiary/aromatic N) is 4. The second kappa shape index (κ2) is 5.21. The molecule has 2 rings (SSSR count). The first-order valence-corrected chi connectivity index (χ1v) is 8.08. The summed E-state index contributed by atoms with van der Waals surface area (Å²) in [5.41, 5.74) is -0.264. The van der Waals surface area contributed by atoms with Gasteiger partial charge in [-0.1, -0.05) is 11.6 Å². The van der Waals surface area contributed by atoms with Crippen LogP contribution in [0, 0.1) is 10.1 Å². The SMILES string of the molecule is CC(=O)N(c1nn(C)c2c([N+](=O)[O-])ccc(Cl)c12)S(C)(=O)=O. The smallest absolute Gasteiger partial charge is 0.274 e. The molecule has 0 saturated carbocycles. The number of nitro groups is 1. The standard InChI is InChI=1S/C11H11ClN4O5S/c1-6(17)15(22(3,20)21)11-9-7(12)4-5-8(16(18)19)10(9)14(2)13-11/h4-5H,1-3H3. The number of non-ortho nitro benzene ring substituents is 1. The Morgan fingerprint density at radius 1 is 1.45 bits per heavy atom. The van der Waals surface area contributed by atoms with Crippen molar-refractivity contribution in [3.8, 4) is 0 Å². The van der Waals surface area contributed by atoms with Gasteiger partial charge in [0.15, 0.2) is 5.82 Å². The van der Waals surface area contributed by atoms with Gasteiger partial charge in [-0.3, -0.25) is 19.6 Å². The van der Waals surface area contributed by atoms with Crippen molar-refractivity contribution in [2.75, 3.05) is 10.6 Å². The predicted octanol–water partition coefficient (Wildman–Crippen LogP) is 1.45. The van der Waals surface area contributed by atoms with Crippen LogP contribution in [0.2, 0.25) is 5.02 Å². The number of benzene rings is 1. The van der Waals surface area contributed by atoms with Gasteiger partial charge in [0.25, 0.3) is 5.69 Å². The Morgan fingerprint density at radius 2 is 2.05 bits per heavy atom. The molecule has 0 saturated heterocycles. The Bertz CT molecular complexity index is 905. The minimum absolute atomic E-state index is 0.0268. The van der Waals surface area contributed by atoms with Gasteiger partial charge in [-0.05, 0) is 6.07 Å². The molecule has 0 unspecified atom stereocenters. The minimum Gasteiger partial charge on any atom is -0.274 e. The summed E-state index contributed by atoms with van der Waals surface area (Å²) >= 11 is 6.04. The number of aryl methyl sites for hydroxylation is 1. The molecule has 11 heteroatoms. The lowest BCUT2D eigenvalue weighted by Crippen LogP contribution is -2.34. The number of nitro benzene ring substituents is 1. The summed E-state index contributed by atoms with van der Waals surface area (Å²) in [7, 11) is -2.57. The van der Waals surface area contributed by atoms with Crippen LogP contribution in [0.4, 0.5) is 11.5 Å². The number of hydrogen-bond acceptors (Lipinski definition) is 6. The highest BCUT2D eigenvalue weighted by Crippen LogP contribution is 2.38. The molecule has 0 aliphatic carbocycles. The normalized spacial score (nSPS) is 11.6. The van der Waals surface area contributed by atoms with Crippen molar-refractivity contribution in [3.05, 3.63) is 27.3 Å². The average molecular weight is 347 g/mol. The van der Waals surface area contributed by atoms with Crippen LogP contribution in [0.1, 0.15) is 6.92 Å². The lowest BCUT2D eigenvalue weighted by Gasteiger charge is -2.16. The molecule has 9 nitrogen and oxygen atoms in total. The van der Waals surface area contributed by atoms with E-state index < -0.39 is 20.9 Å². The first-order valence-electron chi connectivity index (χ1n) is 5.86. The number of carbonyl (C=O) groups is 1. The Balaban J connectivity index is 2.96. The van der Waals surface area contributed by atoms with Crippen LogP contribution in [0.3, 0.4) is 0 Å². The maximum atomic E-state index is 11.8. The third-order valence-electron chi connectivity index (χ3n) is 2.90. The van der Waals surface area contributed by atoms with Crippen molar-refractivity contribution in [2.24, 2.45) is 7.05 Å². The fraction of sp³-hybridized carbons (Fsp3) is 0.273. The van der Waals surface area contributed by atoms with Crippen LogP contribution in [0.5, 0.6) is 0 Å². The molecule has 0 aliphatic rings. The summed E-state index contributed by atoms with van der Waals surface area (Å²) in [6, 6.07) is 2.45. The number of hydrogen-bond donors (Lipinski definition) is 0. The van der Waals surface area contributed by atoms with Crippen LogP contribution in [-0.4, -0.2) is 35.3 Å². The Hall–Kier alpha value is -2.20. The van der Waals surface area contributed by atoms with E-state index in [1.165, 1.54) is 19.2 Å². The first kappa shape index (κ1) is 16.2. The van der Waals surface area contributed by atoms with E-state index in [0.717, 1.165) is 17.9 Å². The molecule has 1 aromatic carbocycles. The van der Waals surface area contributed by atoms with E-state index in [0.29, 0.717) is 4.31 Å². The number of fused-ring (bicyclic) bond motifs is 1. The first-order chi connectivity index (χ1) is 10.1. The fourth-order valence-electron chi connectivity index (χ4n) is 2.17. The van der Waals surface area contributed by atoms with Crippen molar-refractivity contribution in [3.63, 3.8) is 0 Å². The third-order valence-corrected chi connectivity index (χ3v) is 4.31. The molecule has 0 atom stereocenters. The van der Waals surface area contributed by atoms with Crippen LogP contribution < -0.4 is 4.31 Å². The molecule has 0 N–H and O–H groups in total. The maximum Gasteiger partial charge on any atom is 0.295 e. The fourth-order valence-corrected chi connectivity index (χ4v) is 3.31. The topological polar surface area (TPSA) is 115 Å². The van der Waals surface area contributed by atoms with E-state index in [9.17, 15) is 23.3 Å². The van der Waals surface area contributed by atoms with Crippen molar-refractivity contribution in [1.29, 1.82) is 0 Å². The Kier molecular flexibility index (Phi) is 3.83. The summed E-state index contributed by atoms with van der Waals surface area (Å²) in [6.45, 7) is 1.05. The van der Waals surface area contributed by atoms with Crippen LogP contribution >= 0.6 is 11.6 Å². The number of halogens is 1. The van der Waals surface area contributed by atoms with Gasteiger partial charge in [0.2, 0.25) is 15.9 Å². The molecule has 0 radical (unpaired) electrons. The predicted molar refractivity (Wildman–Crippen MR) is 80.4 cm³/mol. The van der Waals surface area contributed by atoms with Gasteiger partial charge in [0.1, 0.15) is 5.52 Å². The molecule has 22 heavy (non-hydrogen) atoms. The van der Waals surface area contributed by atoms with E-state index in [4.69, 9.17) is 11.6 Å². The second-order valence-electron chi connectivity index (χ2n) is 4.54. The van der Waals surface area contributed by atoms with Gasteiger partial charge < -0.3 is 0 Å². The molecule has 1 amide bonds. The average Bonchev–Trinajstić information content (AvgIpc) is 2.66. The van der Waals surface area contributed by atoms with E-state index in [2.05, 4.69) is 5.10 Å². The van der Waals surface area contributed by atoms with Crippen LogP contribution in [0.15, 0.2) is 12.1 Å². The monoisotopic (exact) mass is 346 g/mol. The summed E-state index contributed by atoms with van der Waals surface area (Å²) < 4.78 is 25.3. The number of amides is 1. The van der Waals surface area contributed by atoms with Crippen LogP contribution in [-0.2, 0) is 21.9 Å². The highest BCUT2D eigenvalue weighted by molar-refractivity contribution is 7.92. The zero-order chi connectivity index (χ0) is 16.8. The molecule has 118 valence electrons. The number of sulfonamides is 1. The Morgan fingerprint density at radius 3 is 2.50 bits per heavy atom. The third kappa shape index (κ3) is 2.50. The van der Waals surface area contributed by atoms with Gasteiger partial charge in [-0.25, -0.2) is 8.42 Å². The van der Waals surface area contributed by atoms with Crippen LogP contribution in [0.25, 0.3) is 10.9 Å². The highest BCUT2D eigenvalue weighted by Gasteiger charge is 2.31. The molecule has 2 aromatic rings. The van der Waals surface area contributed by atoms with Crippen molar-refractivity contribution in [1.82, 2.24) is 9.78 Å². The van der Waals surface area contributed by atoms with E-state index in [-0.39, 0.29) is 27.4 Å². The zero-order valence-corrected chi connectivity index (χ0v) is 13.3. The Labute approximate surface area is 130 Å². The zero-order valence-electron chi connectivity index (χ0n) is 11.8. The maximum absolute atomic E-state index is 11.8. The summed E-state index contributed by atoms with van der Waals surface area (Å²) in [6.07, 6.45) is 0.834. The number of carbonyl (C=O) groups excluding carboxylic acids is 1. The van der Waals surface area contributed by atoms with E-state index in [1.54, 1.807) is 0 Å². The van der Waals surface area contributed by atoms with Crippen molar-refractivity contribution in [2.45, 2.75) is 6.92 Å². The van der Waals surface area contributed by atoms with Crippen molar-refractivity contribution < 1.29 is 18.1 Å². The van der Waals surface area contributed by atoms with Gasteiger partial charge in [-0.15, -0.1) is 0 Å². The number of rotatable bonds is 3. The summed E-state index contributed by atoms with van der Waals surface area (Å²) in [5.74, 6) is -1.06. The summed E-state index contributed by atoms with van der Waals surface area (Å²) in [4.78, 5) is 22.2. The van der Waals surface area contributed by atoms with Crippen molar-refractivity contribution >= 4 is 49.9 Å². The van der Waals surface area contributed by atoms with E-state index >= 15 is 0 Å². The van der Waals surface area contributed by atoms with Gasteiger partial charge in [0.05, 0.1) is 21.6 Å². The molecular formula is C11H11ClN4O5S. The molecule has 0 spiro atoms. The molecule has 0 fully saturated rings. The van der Waals surface area contributed by atoms with Gasteiger partial charge in [0, 0.05) is 20.0 Å². The number of aromatic nitrogens is 2. The molecule has 1 aromatic heterocycles. The lowest BCUT2D eigenvalue weighted by atomic mass is 10.2. The minimum atomic E-state index is -3.97. The molecular weight excluding hydrogens is 336 g/mol. The second-order valence-corrected chi connectivity index (χ2v) is 6.78. The molecule has 0 aliphatic heterocycles. The molecule has 0 bridgehead atoms. The number of anilines is 1.